The third-order valence-corrected chi connectivity index (χ3v) is 5.63. The van der Waals surface area contributed by atoms with E-state index in [2.05, 4.69) is 75.7 Å². The molecule has 1 nitrogen and oxygen atoms in total. The van der Waals surface area contributed by atoms with Crippen molar-refractivity contribution in [3.05, 3.63) is 64.8 Å². The highest BCUT2D eigenvalue weighted by molar-refractivity contribution is 8.00. The number of nitrogens with zero attached hydrogens (tertiary/aromatic N) is 1. The quantitative estimate of drug-likeness (QED) is 0.434. The Labute approximate surface area is 160 Å². The van der Waals surface area contributed by atoms with E-state index in [-0.39, 0.29) is 4.75 Å². The van der Waals surface area contributed by atoms with E-state index in [4.69, 9.17) is 11.6 Å². The lowest BCUT2D eigenvalue weighted by molar-refractivity contribution is 0.799. The van der Waals surface area contributed by atoms with Crippen LogP contribution in [0.5, 0.6) is 0 Å². The molecule has 2 aromatic carbocycles. The molecule has 1 heterocycles. The lowest BCUT2D eigenvalue weighted by atomic mass is 10.0. The minimum absolute atomic E-state index is 0.188. The van der Waals surface area contributed by atoms with Gasteiger partial charge in [0.05, 0.1) is 0 Å². The summed E-state index contributed by atoms with van der Waals surface area (Å²) in [5, 5.41) is 2.15. The van der Waals surface area contributed by atoms with Gasteiger partial charge in [0.25, 0.3) is 0 Å². The summed E-state index contributed by atoms with van der Waals surface area (Å²) in [5.74, 6) is 0.538. The van der Waals surface area contributed by atoms with Crippen LogP contribution in [-0.2, 0) is 6.54 Å². The van der Waals surface area contributed by atoms with Gasteiger partial charge >= 0.3 is 0 Å². The van der Waals surface area contributed by atoms with Crippen molar-refractivity contribution in [2.75, 3.05) is 0 Å². The maximum atomic E-state index is 6.02. The Morgan fingerprint density at radius 3 is 2.32 bits per heavy atom. The van der Waals surface area contributed by atoms with E-state index in [1.807, 2.05) is 23.9 Å². The number of hydrogen-bond donors (Lipinski definition) is 0. The first-order chi connectivity index (χ1) is 11.7. The SMILES string of the molecule is CC(C)c1ccc2c(c1)c(SC(C)(C)C)cn2Cc1ccc(Cl)cc1. The van der Waals surface area contributed by atoms with Crippen LogP contribution in [0.2, 0.25) is 5.02 Å². The van der Waals surface area contributed by atoms with Gasteiger partial charge in [-0.15, -0.1) is 11.8 Å². The first-order valence-electron chi connectivity index (χ1n) is 8.79. The summed E-state index contributed by atoms with van der Waals surface area (Å²) in [6.45, 7) is 12.2. The second kappa shape index (κ2) is 7.09. The van der Waals surface area contributed by atoms with E-state index >= 15 is 0 Å². The molecule has 132 valence electrons. The van der Waals surface area contributed by atoms with Crippen molar-refractivity contribution in [3.8, 4) is 0 Å². The second-order valence-electron chi connectivity index (χ2n) is 7.89. The largest absolute Gasteiger partial charge is 0.342 e. The molecule has 0 aliphatic rings. The minimum atomic E-state index is 0.188. The zero-order chi connectivity index (χ0) is 18.2. The molecule has 0 bridgehead atoms. The predicted octanol–water partition coefficient (Wildman–Crippen LogP) is 7.36. The number of thioether (sulfide) groups is 1. The average molecular weight is 372 g/mol. The van der Waals surface area contributed by atoms with Gasteiger partial charge in [0.1, 0.15) is 0 Å². The average Bonchev–Trinajstić information content (AvgIpc) is 2.85. The van der Waals surface area contributed by atoms with Gasteiger partial charge in [-0.1, -0.05) is 64.4 Å². The smallest absolute Gasteiger partial charge is 0.0495 e. The van der Waals surface area contributed by atoms with E-state index in [1.54, 1.807) is 0 Å². The molecule has 0 aliphatic carbocycles. The lowest BCUT2D eigenvalue weighted by Crippen LogP contribution is -2.06. The number of aromatic nitrogens is 1. The zero-order valence-electron chi connectivity index (χ0n) is 15.6. The molecule has 0 unspecified atom stereocenters. The van der Waals surface area contributed by atoms with E-state index in [0.29, 0.717) is 5.92 Å². The van der Waals surface area contributed by atoms with E-state index in [9.17, 15) is 0 Å². The molecule has 0 fully saturated rings. The number of benzene rings is 2. The molecule has 0 saturated heterocycles. The van der Waals surface area contributed by atoms with Crippen LogP contribution in [0.4, 0.5) is 0 Å². The Bertz CT molecular complexity index is 869. The standard InChI is InChI=1S/C22H26ClNS/c1-15(2)17-8-11-20-19(12-17)21(25-22(3,4)5)14-24(20)13-16-6-9-18(23)10-7-16/h6-12,14-15H,13H2,1-5H3. The molecule has 3 rings (SSSR count). The van der Waals surface area contributed by atoms with Gasteiger partial charge in [-0.25, -0.2) is 0 Å². The molecular formula is C22H26ClNS. The van der Waals surface area contributed by atoms with Crippen molar-refractivity contribution in [2.45, 2.75) is 56.7 Å². The van der Waals surface area contributed by atoms with Gasteiger partial charge in [-0.2, -0.15) is 0 Å². The summed E-state index contributed by atoms with van der Waals surface area (Å²) in [6.07, 6.45) is 2.30. The van der Waals surface area contributed by atoms with Gasteiger partial charge in [-0.3, -0.25) is 0 Å². The molecule has 0 amide bonds. The van der Waals surface area contributed by atoms with Crippen LogP contribution < -0.4 is 0 Å². The minimum Gasteiger partial charge on any atom is -0.342 e. The van der Waals surface area contributed by atoms with Gasteiger partial charge in [0.15, 0.2) is 0 Å². The summed E-state index contributed by atoms with van der Waals surface area (Å²) in [7, 11) is 0. The van der Waals surface area contributed by atoms with Crippen LogP contribution in [0.25, 0.3) is 10.9 Å². The molecule has 0 saturated carbocycles. The van der Waals surface area contributed by atoms with Crippen LogP contribution in [0, 0.1) is 0 Å². The number of hydrogen-bond acceptors (Lipinski definition) is 1. The van der Waals surface area contributed by atoms with Crippen molar-refractivity contribution in [1.29, 1.82) is 0 Å². The highest BCUT2D eigenvalue weighted by Gasteiger charge is 2.18. The molecule has 0 aliphatic heterocycles. The monoisotopic (exact) mass is 371 g/mol. The van der Waals surface area contributed by atoms with Crippen LogP contribution >= 0.6 is 23.4 Å². The number of halogens is 1. The van der Waals surface area contributed by atoms with E-state index in [0.717, 1.165) is 11.6 Å². The first kappa shape index (κ1) is 18.4. The van der Waals surface area contributed by atoms with Gasteiger partial charge < -0.3 is 4.57 Å². The molecule has 3 aromatic rings. The van der Waals surface area contributed by atoms with Crippen molar-refractivity contribution < 1.29 is 0 Å². The molecule has 0 N–H and O–H groups in total. The van der Waals surface area contributed by atoms with Crippen molar-refractivity contribution >= 4 is 34.3 Å². The normalized spacial score (nSPS) is 12.3. The highest BCUT2D eigenvalue weighted by Crippen LogP contribution is 2.39. The topological polar surface area (TPSA) is 4.93 Å². The van der Waals surface area contributed by atoms with E-state index < -0.39 is 0 Å². The third-order valence-electron chi connectivity index (χ3n) is 4.22. The fourth-order valence-corrected chi connectivity index (χ4v) is 4.21. The van der Waals surface area contributed by atoms with Crippen LogP contribution in [-0.4, -0.2) is 9.31 Å². The van der Waals surface area contributed by atoms with Gasteiger partial charge in [0, 0.05) is 38.3 Å². The van der Waals surface area contributed by atoms with Gasteiger partial charge in [0.2, 0.25) is 0 Å². The second-order valence-corrected chi connectivity index (χ2v) is 10.2. The summed E-state index contributed by atoms with van der Waals surface area (Å²) in [4.78, 5) is 1.36. The Hall–Kier alpha value is -1.38. The van der Waals surface area contributed by atoms with Crippen molar-refractivity contribution in [2.24, 2.45) is 0 Å². The molecule has 25 heavy (non-hydrogen) atoms. The maximum absolute atomic E-state index is 6.02. The third kappa shape index (κ3) is 4.43. The molecule has 0 atom stereocenters. The summed E-state index contributed by atoms with van der Waals surface area (Å²) in [6, 6.07) is 15.0. The molecule has 3 heteroatoms. The summed E-state index contributed by atoms with van der Waals surface area (Å²) >= 11 is 7.97. The summed E-state index contributed by atoms with van der Waals surface area (Å²) < 4.78 is 2.55. The van der Waals surface area contributed by atoms with Crippen molar-refractivity contribution in [3.63, 3.8) is 0 Å². The van der Waals surface area contributed by atoms with Crippen LogP contribution in [0.1, 0.15) is 51.7 Å². The van der Waals surface area contributed by atoms with E-state index in [1.165, 1.54) is 26.9 Å². The first-order valence-corrected chi connectivity index (χ1v) is 9.98. The number of rotatable bonds is 4. The fourth-order valence-electron chi connectivity index (χ4n) is 2.97. The predicted molar refractivity (Wildman–Crippen MR) is 112 cm³/mol. The van der Waals surface area contributed by atoms with Crippen LogP contribution in [0.15, 0.2) is 53.6 Å². The maximum Gasteiger partial charge on any atom is 0.0495 e. The van der Waals surface area contributed by atoms with Crippen molar-refractivity contribution in [1.82, 2.24) is 4.57 Å². The van der Waals surface area contributed by atoms with Gasteiger partial charge in [-0.05, 0) is 41.3 Å². The lowest BCUT2D eigenvalue weighted by Gasteiger charge is -2.17. The Balaban J connectivity index is 2.07. The molecular weight excluding hydrogens is 346 g/mol. The molecule has 0 radical (unpaired) electrons. The molecule has 0 spiro atoms. The Morgan fingerprint density at radius 1 is 1.04 bits per heavy atom. The highest BCUT2D eigenvalue weighted by atomic mass is 35.5. The summed E-state index contributed by atoms with van der Waals surface area (Å²) in [5.41, 5.74) is 3.96. The molecule has 1 aromatic heterocycles. The Kier molecular flexibility index (Phi) is 5.22. The fraction of sp³-hybridized carbons (Fsp3) is 0.364. The zero-order valence-corrected chi connectivity index (χ0v) is 17.2. The van der Waals surface area contributed by atoms with Crippen LogP contribution in [0.3, 0.4) is 0 Å². The Morgan fingerprint density at radius 2 is 1.72 bits per heavy atom. The number of fused-ring (bicyclic) bond motifs is 1.